The van der Waals surface area contributed by atoms with E-state index in [-0.39, 0.29) is 6.04 Å². The molecule has 3 nitrogen and oxygen atoms in total. The van der Waals surface area contributed by atoms with E-state index >= 15 is 0 Å². The molecular weight excluding hydrogens is 264 g/mol. The molecule has 20 heavy (non-hydrogen) atoms. The zero-order chi connectivity index (χ0) is 14.8. The van der Waals surface area contributed by atoms with Gasteiger partial charge in [0.1, 0.15) is 12.4 Å². The lowest BCUT2D eigenvalue weighted by molar-refractivity contribution is 0.0143. The van der Waals surface area contributed by atoms with Crippen molar-refractivity contribution >= 4 is 0 Å². The van der Waals surface area contributed by atoms with E-state index in [1.54, 1.807) is 7.11 Å². The second kappa shape index (κ2) is 9.66. The predicted molar refractivity (Wildman–Crippen MR) is 75.5 cm³/mol. The maximum absolute atomic E-state index is 12.0. The van der Waals surface area contributed by atoms with E-state index in [0.29, 0.717) is 13.0 Å². The van der Waals surface area contributed by atoms with Crippen LogP contribution in [0.3, 0.4) is 0 Å². The maximum atomic E-state index is 12.0. The summed E-state index contributed by atoms with van der Waals surface area (Å²) in [5, 5.41) is 3.40. The third-order valence-electron chi connectivity index (χ3n) is 2.95. The topological polar surface area (TPSA) is 30.5 Å². The summed E-state index contributed by atoms with van der Waals surface area (Å²) in [4.78, 5) is 0. The molecule has 1 N–H and O–H groups in total. The number of halogens is 2. The van der Waals surface area contributed by atoms with Gasteiger partial charge in [-0.3, -0.25) is 0 Å². The summed E-state index contributed by atoms with van der Waals surface area (Å²) >= 11 is 0. The van der Waals surface area contributed by atoms with Crippen LogP contribution in [0, 0.1) is 0 Å². The number of methoxy groups -OCH3 is 1. The number of hydrogen-bond acceptors (Lipinski definition) is 3. The molecule has 0 amide bonds. The largest absolute Gasteiger partial charge is 0.497 e. The summed E-state index contributed by atoms with van der Waals surface area (Å²) in [5.74, 6) is 0.803. The third kappa shape index (κ3) is 6.30. The summed E-state index contributed by atoms with van der Waals surface area (Å²) in [6.45, 7) is 2.79. The SMILES string of the molecule is CCCNC(CCOCC(F)F)c1ccc(OC)cc1. The van der Waals surface area contributed by atoms with Crippen LogP contribution in [0.15, 0.2) is 24.3 Å². The van der Waals surface area contributed by atoms with Gasteiger partial charge in [0.2, 0.25) is 0 Å². The Balaban J connectivity index is 2.53. The number of benzene rings is 1. The highest BCUT2D eigenvalue weighted by atomic mass is 19.3. The standard InChI is InChI=1S/C15H23F2NO2/c1-3-9-18-14(8-10-20-11-15(16)17)12-4-6-13(19-2)7-5-12/h4-7,14-15,18H,3,8-11H2,1-2H3. The summed E-state index contributed by atoms with van der Waals surface area (Å²) in [5.41, 5.74) is 1.11. The van der Waals surface area contributed by atoms with Crippen molar-refractivity contribution in [3.63, 3.8) is 0 Å². The third-order valence-corrected chi connectivity index (χ3v) is 2.95. The van der Waals surface area contributed by atoms with Crippen molar-refractivity contribution in [1.82, 2.24) is 5.32 Å². The quantitative estimate of drug-likeness (QED) is 0.669. The van der Waals surface area contributed by atoms with E-state index in [1.807, 2.05) is 24.3 Å². The van der Waals surface area contributed by atoms with Gasteiger partial charge in [-0.2, -0.15) is 0 Å². The molecule has 0 radical (unpaired) electrons. The highest BCUT2D eigenvalue weighted by Gasteiger charge is 2.11. The van der Waals surface area contributed by atoms with E-state index in [0.717, 1.165) is 24.3 Å². The van der Waals surface area contributed by atoms with Crippen LogP contribution in [0.5, 0.6) is 5.75 Å². The predicted octanol–water partition coefficient (Wildman–Crippen LogP) is 3.41. The Morgan fingerprint density at radius 3 is 2.45 bits per heavy atom. The van der Waals surface area contributed by atoms with Gasteiger partial charge in [-0.1, -0.05) is 19.1 Å². The van der Waals surface area contributed by atoms with E-state index in [1.165, 1.54) is 0 Å². The summed E-state index contributed by atoms with van der Waals surface area (Å²) < 4.78 is 34.1. The molecule has 0 spiro atoms. The van der Waals surface area contributed by atoms with Crippen LogP contribution in [-0.2, 0) is 4.74 Å². The molecule has 5 heteroatoms. The first kappa shape index (κ1) is 16.9. The lowest BCUT2D eigenvalue weighted by atomic mass is 10.0. The Morgan fingerprint density at radius 1 is 1.20 bits per heavy atom. The van der Waals surface area contributed by atoms with Crippen molar-refractivity contribution in [1.29, 1.82) is 0 Å². The molecule has 1 atom stereocenters. The fourth-order valence-electron chi connectivity index (χ4n) is 1.91. The monoisotopic (exact) mass is 287 g/mol. The molecule has 1 rings (SSSR count). The molecule has 1 unspecified atom stereocenters. The van der Waals surface area contributed by atoms with Crippen molar-refractivity contribution in [2.45, 2.75) is 32.2 Å². The number of hydrogen-bond donors (Lipinski definition) is 1. The minimum atomic E-state index is -2.40. The molecule has 0 aromatic heterocycles. The molecular formula is C15H23F2NO2. The van der Waals surface area contributed by atoms with Crippen molar-refractivity contribution in [2.24, 2.45) is 0 Å². The Morgan fingerprint density at radius 2 is 1.90 bits per heavy atom. The number of nitrogens with one attached hydrogen (secondary N) is 1. The van der Waals surface area contributed by atoms with Gasteiger partial charge in [-0.25, -0.2) is 8.78 Å². The molecule has 0 aliphatic heterocycles. The Bertz CT molecular complexity index is 357. The first-order valence-electron chi connectivity index (χ1n) is 6.90. The van der Waals surface area contributed by atoms with Crippen molar-refractivity contribution in [2.75, 3.05) is 26.9 Å². The normalized spacial score (nSPS) is 12.7. The minimum absolute atomic E-state index is 0.110. The van der Waals surface area contributed by atoms with Crippen molar-refractivity contribution in [3.05, 3.63) is 29.8 Å². The van der Waals surface area contributed by atoms with Crippen LogP contribution < -0.4 is 10.1 Å². The van der Waals surface area contributed by atoms with Gasteiger partial charge in [0.15, 0.2) is 0 Å². The van der Waals surface area contributed by atoms with Gasteiger partial charge >= 0.3 is 0 Å². The highest BCUT2D eigenvalue weighted by Crippen LogP contribution is 2.20. The second-order valence-corrected chi connectivity index (χ2v) is 4.53. The van der Waals surface area contributed by atoms with Crippen molar-refractivity contribution in [3.8, 4) is 5.75 Å². The molecule has 0 heterocycles. The molecule has 0 aliphatic carbocycles. The van der Waals surface area contributed by atoms with Gasteiger partial charge in [0, 0.05) is 12.6 Å². The average molecular weight is 287 g/mol. The lowest BCUT2D eigenvalue weighted by Gasteiger charge is -2.19. The summed E-state index contributed by atoms with van der Waals surface area (Å²) in [7, 11) is 1.63. The average Bonchev–Trinajstić information content (AvgIpc) is 2.46. The number of alkyl halides is 2. The fourth-order valence-corrected chi connectivity index (χ4v) is 1.91. The maximum Gasteiger partial charge on any atom is 0.261 e. The number of rotatable bonds is 10. The summed E-state index contributed by atoms with van der Waals surface area (Å²) in [6, 6.07) is 7.88. The van der Waals surface area contributed by atoms with Crippen molar-refractivity contribution < 1.29 is 18.3 Å². The zero-order valence-electron chi connectivity index (χ0n) is 12.1. The molecule has 0 bridgehead atoms. The van der Waals surface area contributed by atoms with Crippen LogP contribution in [0.25, 0.3) is 0 Å². The van der Waals surface area contributed by atoms with Crippen LogP contribution in [0.1, 0.15) is 31.4 Å². The first-order chi connectivity index (χ1) is 9.67. The number of ether oxygens (including phenoxy) is 2. The molecule has 1 aromatic carbocycles. The van der Waals surface area contributed by atoms with Gasteiger partial charge < -0.3 is 14.8 Å². The van der Waals surface area contributed by atoms with Crippen LogP contribution >= 0.6 is 0 Å². The van der Waals surface area contributed by atoms with Gasteiger partial charge in [-0.05, 0) is 37.1 Å². The Labute approximate surface area is 119 Å². The molecule has 0 aliphatic rings. The van der Waals surface area contributed by atoms with Gasteiger partial charge in [0.05, 0.1) is 7.11 Å². The highest BCUT2D eigenvalue weighted by molar-refractivity contribution is 5.29. The molecule has 1 aromatic rings. The second-order valence-electron chi connectivity index (χ2n) is 4.53. The van der Waals surface area contributed by atoms with Crippen LogP contribution in [0.4, 0.5) is 8.78 Å². The smallest absolute Gasteiger partial charge is 0.261 e. The van der Waals surface area contributed by atoms with E-state index in [4.69, 9.17) is 9.47 Å². The Hall–Kier alpha value is -1.20. The first-order valence-corrected chi connectivity index (χ1v) is 6.90. The Kier molecular flexibility index (Phi) is 8.14. The molecule has 114 valence electrons. The fraction of sp³-hybridized carbons (Fsp3) is 0.600. The van der Waals surface area contributed by atoms with Crippen LogP contribution in [-0.4, -0.2) is 33.3 Å². The lowest BCUT2D eigenvalue weighted by Crippen LogP contribution is -2.24. The van der Waals surface area contributed by atoms with Gasteiger partial charge in [-0.15, -0.1) is 0 Å². The van der Waals surface area contributed by atoms with Crippen LogP contribution in [0.2, 0.25) is 0 Å². The summed E-state index contributed by atoms with van der Waals surface area (Å²) in [6.07, 6.45) is -0.720. The zero-order valence-corrected chi connectivity index (χ0v) is 12.1. The molecule has 0 saturated heterocycles. The van der Waals surface area contributed by atoms with E-state index in [2.05, 4.69) is 12.2 Å². The minimum Gasteiger partial charge on any atom is -0.497 e. The molecule has 0 fully saturated rings. The van der Waals surface area contributed by atoms with E-state index < -0.39 is 13.0 Å². The molecule has 0 saturated carbocycles. The van der Waals surface area contributed by atoms with Gasteiger partial charge in [0.25, 0.3) is 6.43 Å². The van der Waals surface area contributed by atoms with E-state index in [9.17, 15) is 8.78 Å².